The van der Waals surface area contributed by atoms with Crippen LogP contribution in [0.15, 0.2) is 42.5 Å². The summed E-state index contributed by atoms with van der Waals surface area (Å²) < 4.78 is 13.1. The molecule has 0 radical (unpaired) electrons. The zero-order valence-electron chi connectivity index (χ0n) is 10.5. The van der Waals surface area contributed by atoms with Crippen molar-refractivity contribution in [3.63, 3.8) is 0 Å². The molecule has 2 aromatic carbocycles. The van der Waals surface area contributed by atoms with Crippen molar-refractivity contribution in [1.29, 1.82) is 0 Å². The van der Waals surface area contributed by atoms with Crippen molar-refractivity contribution in [3.05, 3.63) is 64.4 Å². The molecule has 2 rings (SSSR count). The molecule has 0 unspecified atom stereocenters. The van der Waals surface area contributed by atoms with Crippen LogP contribution in [0.4, 0.5) is 10.1 Å². The van der Waals surface area contributed by atoms with E-state index in [9.17, 15) is 4.39 Å². The summed E-state index contributed by atoms with van der Waals surface area (Å²) in [6, 6.07) is 12.6. The Labute approximate surface area is 126 Å². The van der Waals surface area contributed by atoms with Crippen molar-refractivity contribution in [2.45, 2.75) is 11.9 Å². The fraction of sp³-hybridized carbons (Fsp3) is 0.200. The standard InChI is InChI=1S/C15H14BrClFN/c1-19(10-11-3-2-4-13(18)7-11)14-6-5-12(9-16)15(17)8-14/h2-8H,9-10H2,1H3. The van der Waals surface area contributed by atoms with Gasteiger partial charge in [-0.05, 0) is 35.4 Å². The molecule has 0 amide bonds. The third-order valence-corrected chi connectivity index (χ3v) is 3.89. The molecule has 19 heavy (non-hydrogen) atoms. The largest absolute Gasteiger partial charge is 0.370 e. The van der Waals surface area contributed by atoms with Crippen LogP contribution in [-0.2, 0) is 11.9 Å². The molecule has 2 aromatic rings. The smallest absolute Gasteiger partial charge is 0.123 e. The van der Waals surface area contributed by atoms with Gasteiger partial charge >= 0.3 is 0 Å². The van der Waals surface area contributed by atoms with E-state index in [0.29, 0.717) is 6.54 Å². The van der Waals surface area contributed by atoms with Gasteiger partial charge in [-0.1, -0.05) is 45.7 Å². The molecule has 0 atom stereocenters. The summed E-state index contributed by atoms with van der Waals surface area (Å²) in [7, 11) is 1.96. The van der Waals surface area contributed by atoms with Crippen LogP contribution in [0.3, 0.4) is 0 Å². The van der Waals surface area contributed by atoms with Crippen LogP contribution >= 0.6 is 27.5 Å². The van der Waals surface area contributed by atoms with Gasteiger partial charge in [0.15, 0.2) is 0 Å². The number of alkyl halides is 1. The summed E-state index contributed by atoms with van der Waals surface area (Å²) in [6.07, 6.45) is 0. The number of halogens is 3. The van der Waals surface area contributed by atoms with E-state index >= 15 is 0 Å². The molecule has 0 N–H and O–H groups in total. The van der Waals surface area contributed by atoms with E-state index in [1.807, 2.05) is 36.2 Å². The Kier molecular flexibility index (Phi) is 4.83. The van der Waals surface area contributed by atoms with Gasteiger partial charge < -0.3 is 4.90 Å². The van der Waals surface area contributed by atoms with Crippen molar-refractivity contribution in [2.75, 3.05) is 11.9 Å². The Bertz CT molecular complexity index is 574. The van der Waals surface area contributed by atoms with Gasteiger partial charge in [-0.3, -0.25) is 0 Å². The third-order valence-electron chi connectivity index (χ3n) is 2.93. The third kappa shape index (κ3) is 3.71. The number of benzene rings is 2. The molecule has 1 nitrogen and oxygen atoms in total. The maximum atomic E-state index is 13.1. The van der Waals surface area contributed by atoms with Crippen LogP contribution in [-0.4, -0.2) is 7.05 Å². The highest BCUT2D eigenvalue weighted by Crippen LogP contribution is 2.25. The normalized spacial score (nSPS) is 10.5. The van der Waals surface area contributed by atoms with Crippen LogP contribution in [0.5, 0.6) is 0 Å². The Morgan fingerprint density at radius 2 is 2.00 bits per heavy atom. The highest BCUT2D eigenvalue weighted by atomic mass is 79.9. The van der Waals surface area contributed by atoms with Crippen molar-refractivity contribution in [3.8, 4) is 0 Å². The summed E-state index contributed by atoms with van der Waals surface area (Å²) in [6.45, 7) is 0.641. The van der Waals surface area contributed by atoms with E-state index in [0.717, 1.165) is 27.2 Å². The molecule has 0 aliphatic heterocycles. The van der Waals surface area contributed by atoms with Gasteiger partial charge in [0.2, 0.25) is 0 Å². The Balaban J connectivity index is 2.15. The number of hydrogen-bond donors (Lipinski definition) is 0. The van der Waals surface area contributed by atoms with E-state index in [2.05, 4.69) is 15.9 Å². The molecule has 0 spiro atoms. The highest BCUT2D eigenvalue weighted by molar-refractivity contribution is 9.08. The fourth-order valence-electron chi connectivity index (χ4n) is 1.88. The van der Waals surface area contributed by atoms with E-state index in [-0.39, 0.29) is 5.82 Å². The van der Waals surface area contributed by atoms with Crippen molar-refractivity contribution in [2.24, 2.45) is 0 Å². The molecule has 100 valence electrons. The first-order valence-electron chi connectivity index (χ1n) is 5.90. The van der Waals surface area contributed by atoms with Crippen LogP contribution in [0.1, 0.15) is 11.1 Å². The summed E-state index contributed by atoms with van der Waals surface area (Å²) in [5.41, 5.74) is 3.01. The first-order valence-corrected chi connectivity index (χ1v) is 7.40. The van der Waals surface area contributed by atoms with Crippen LogP contribution < -0.4 is 4.90 Å². The van der Waals surface area contributed by atoms with Crippen LogP contribution in [0.25, 0.3) is 0 Å². The molecule has 0 heterocycles. The monoisotopic (exact) mass is 341 g/mol. The lowest BCUT2D eigenvalue weighted by Gasteiger charge is -2.20. The maximum Gasteiger partial charge on any atom is 0.123 e. The molecule has 0 aliphatic carbocycles. The van der Waals surface area contributed by atoms with Crippen LogP contribution in [0, 0.1) is 5.82 Å². The average molecular weight is 343 g/mol. The maximum absolute atomic E-state index is 13.1. The van der Waals surface area contributed by atoms with Crippen molar-refractivity contribution < 1.29 is 4.39 Å². The minimum atomic E-state index is -0.210. The number of hydrogen-bond acceptors (Lipinski definition) is 1. The Hall–Kier alpha value is -1.06. The van der Waals surface area contributed by atoms with Gasteiger partial charge in [-0.25, -0.2) is 4.39 Å². The summed E-state index contributed by atoms with van der Waals surface area (Å²) in [4.78, 5) is 2.04. The second-order valence-electron chi connectivity index (χ2n) is 4.40. The topological polar surface area (TPSA) is 3.24 Å². The molecule has 0 aromatic heterocycles. The lowest BCUT2D eigenvalue weighted by Crippen LogP contribution is -2.16. The Morgan fingerprint density at radius 1 is 1.21 bits per heavy atom. The zero-order valence-corrected chi connectivity index (χ0v) is 12.9. The molecule has 0 fully saturated rings. The molecule has 0 aliphatic rings. The minimum absolute atomic E-state index is 0.210. The molecule has 0 saturated heterocycles. The van der Waals surface area contributed by atoms with E-state index < -0.39 is 0 Å². The molecule has 0 bridgehead atoms. The Morgan fingerprint density at radius 3 is 2.63 bits per heavy atom. The molecular weight excluding hydrogens is 329 g/mol. The quantitative estimate of drug-likeness (QED) is 0.706. The van der Waals surface area contributed by atoms with Gasteiger partial charge in [-0.2, -0.15) is 0 Å². The van der Waals surface area contributed by atoms with E-state index in [1.165, 1.54) is 6.07 Å². The fourth-order valence-corrected chi connectivity index (χ4v) is 2.77. The summed E-state index contributed by atoms with van der Waals surface area (Å²) in [5, 5.41) is 1.47. The number of anilines is 1. The SMILES string of the molecule is CN(Cc1cccc(F)c1)c1ccc(CBr)c(Cl)c1. The van der Waals surface area contributed by atoms with Gasteiger partial charge in [-0.15, -0.1) is 0 Å². The highest BCUT2D eigenvalue weighted by Gasteiger charge is 2.06. The van der Waals surface area contributed by atoms with Gasteiger partial charge in [0, 0.05) is 29.6 Å². The predicted molar refractivity (Wildman–Crippen MR) is 82.6 cm³/mol. The summed E-state index contributed by atoms with van der Waals surface area (Å²) >= 11 is 9.58. The van der Waals surface area contributed by atoms with Crippen molar-refractivity contribution in [1.82, 2.24) is 0 Å². The first-order chi connectivity index (χ1) is 9.10. The lowest BCUT2D eigenvalue weighted by atomic mass is 10.2. The van der Waals surface area contributed by atoms with Gasteiger partial charge in [0.25, 0.3) is 0 Å². The number of nitrogens with zero attached hydrogens (tertiary/aromatic N) is 1. The lowest BCUT2D eigenvalue weighted by molar-refractivity contribution is 0.625. The molecular formula is C15H14BrClFN. The predicted octanol–water partition coefficient (Wildman–Crippen LogP) is 5.01. The first kappa shape index (κ1) is 14.4. The van der Waals surface area contributed by atoms with E-state index in [1.54, 1.807) is 12.1 Å². The minimum Gasteiger partial charge on any atom is -0.370 e. The van der Waals surface area contributed by atoms with Gasteiger partial charge in [0.1, 0.15) is 5.82 Å². The van der Waals surface area contributed by atoms with Crippen molar-refractivity contribution >= 4 is 33.2 Å². The number of rotatable bonds is 4. The van der Waals surface area contributed by atoms with Gasteiger partial charge in [0.05, 0.1) is 0 Å². The average Bonchev–Trinajstić information content (AvgIpc) is 2.38. The molecule has 0 saturated carbocycles. The van der Waals surface area contributed by atoms with Crippen LogP contribution in [0.2, 0.25) is 5.02 Å². The second-order valence-corrected chi connectivity index (χ2v) is 5.36. The summed E-state index contributed by atoms with van der Waals surface area (Å²) in [5.74, 6) is -0.210. The molecule has 4 heteroatoms. The zero-order chi connectivity index (χ0) is 13.8. The van der Waals surface area contributed by atoms with E-state index in [4.69, 9.17) is 11.6 Å². The second kappa shape index (κ2) is 6.40.